The summed E-state index contributed by atoms with van der Waals surface area (Å²) < 4.78 is 54.2. The summed E-state index contributed by atoms with van der Waals surface area (Å²) >= 11 is 0. The first-order chi connectivity index (χ1) is 18.0. The highest BCUT2D eigenvalue weighted by atomic mass is 19.3. The largest absolute Gasteiger partial charge is 0.415 e. The van der Waals surface area contributed by atoms with E-state index in [9.17, 15) is 13.6 Å². The van der Waals surface area contributed by atoms with Crippen molar-refractivity contribution in [3.63, 3.8) is 0 Å². The van der Waals surface area contributed by atoms with Gasteiger partial charge >= 0.3 is 12.1 Å². The molecule has 2 aliphatic rings. The first-order valence-electron chi connectivity index (χ1n) is 12.4. The number of alkyl halides is 2. The Labute approximate surface area is 210 Å². The molecule has 2 aromatic carbocycles. The number of benzene rings is 2. The third-order valence-corrected chi connectivity index (χ3v) is 7.41. The summed E-state index contributed by atoms with van der Waals surface area (Å²) in [6, 6.07) is 12.3. The second kappa shape index (κ2) is 9.79. The summed E-state index contributed by atoms with van der Waals surface area (Å²) in [5, 5.41) is 6.85. The topological polar surface area (TPSA) is 78.3 Å². The number of hydrogen-bond donors (Lipinski definition) is 0. The van der Waals surface area contributed by atoms with Crippen molar-refractivity contribution in [1.29, 1.82) is 0 Å². The van der Waals surface area contributed by atoms with E-state index in [1.165, 1.54) is 12.1 Å². The highest BCUT2D eigenvalue weighted by molar-refractivity contribution is 5.76. The second-order valence-electron chi connectivity index (χ2n) is 9.69. The van der Waals surface area contributed by atoms with Crippen molar-refractivity contribution in [3.8, 4) is 11.5 Å². The van der Waals surface area contributed by atoms with Gasteiger partial charge in [-0.1, -0.05) is 18.2 Å². The van der Waals surface area contributed by atoms with E-state index in [2.05, 4.69) is 15.1 Å². The van der Waals surface area contributed by atoms with Gasteiger partial charge < -0.3 is 9.15 Å². The SMILES string of the molecule is O=c1n(Cc2ccc(-c3nnc(C(F)F)o3)cc2F)c2ccccc2n1CC1CCN(C2COC2)CC1. The lowest BCUT2D eigenvalue weighted by Crippen LogP contribution is -2.52. The molecule has 6 rings (SSSR count). The number of fused-ring (bicyclic) bond motifs is 1. The van der Waals surface area contributed by atoms with Gasteiger partial charge in [-0.05, 0) is 56.1 Å². The summed E-state index contributed by atoms with van der Waals surface area (Å²) in [4.78, 5) is 16.0. The van der Waals surface area contributed by atoms with Crippen LogP contribution in [-0.4, -0.2) is 56.6 Å². The zero-order chi connectivity index (χ0) is 25.5. The molecule has 2 aliphatic heterocycles. The average molecular weight is 514 g/mol. The number of ether oxygens (including phenoxy) is 1. The minimum absolute atomic E-state index is 0.0324. The molecule has 2 aromatic heterocycles. The summed E-state index contributed by atoms with van der Waals surface area (Å²) in [6.07, 6.45) is -0.873. The van der Waals surface area contributed by atoms with Crippen LogP contribution in [0.3, 0.4) is 0 Å². The molecule has 2 saturated heterocycles. The van der Waals surface area contributed by atoms with Gasteiger partial charge in [0.25, 0.3) is 5.89 Å². The number of rotatable bonds is 7. The molecule has 194 valence electrons. The minimum Gasteiger partial charge on any atom is -0.415 e. The molecule has 37 heavy (non-hydrogen) atoms. The lowest BCUT2D eigenvalue weighted by molar-refractivity contribution is -0.0742. The molecule has 0 spiro atoms. The lowest BCUT2D eigenvalue weighted by atomic mass is 9.95. The standard InChI is InChI=1S/C26H26F3N5O3/c27-20-11-17(24-30-31-25(37-24)23(28)29)5-6-18(20)13-34-22-4-2-1-3-21(22)33(26(34)35)12-16-7-9-32(10-8-16)19-14-36-15-19/h1-6,11,16,19,23H,7-10,12-15H2. The van der Waals surface area contributed by atoms with Crippen LogP contribution in [0.1, 0.15) is 30.7 Å². The fourth-order valence-corrected chi connectivity index (χ4v) is 5.21. The van der Waals surface area contributed by atoms with Gasteiger partial charge in [0, 0.05) is 17.7 Å². The van der Waals surface area contributed by atoms with Crippen molar-refractivity contribution in [3.05, 3.63) is 70.2 Å². The van der Waals surface area contributed by atoms with Crippen LogP contribution >= 0.6 is 0 Å². The first kappa shape index (κ1) is 23.9. The van der Waals surface area contributed by atoms with Gasteiger partial charge in [0.15, 0.2) is 0 Å². The maximum absolute atomic E-state index is 15.1. The molecule has 0 N–H and O–H groups in total. The Balaban J connectivity index is 1.24. The molecule has 0 radical (unpaired) electrons. The maximum Gasteiger partial charge on any atom is 0.329 e. The van der Waals surface area contributed by atoms with E-state index in [0.717, 1.165) is 56.2 Å². The molecule has 0 amide bonds. The Kier molecular flexibility index (Phi) is 6.33. The quantitative estimate of drug-likeness (QED) is 0.371. The average Bonchev–Trinajstić information content (AvgIpc) is 3.46. The molecule has 0 bridgehead atoms. The predicted octanol–water partition coefficient (Wildman–Crippen LogP) is 4.09. The molecule has 8 nitrogen and oxygen atoms in total. The Morgan fingerprint density at radius 3 is 2.35 bits per heavy atom. The van der Waals surface area contributed by atoms with Crippen LogP contribution in [-0.2, 0) is 17.8 Å². The molecule has 4 aromatic rings. The third kappa shape index (κ3) is 4.57. The van der Waals surface area contributed by atoms with Crippen molar-refractivity contribution >= 4 is 11.0 Å². The lowest BCUT2D eigenvalue weighted by Gasteiger charge is -2.41. The third-order valence-electron chi connectivity index (χ3n) is 7.41. The van der Waals surface area contributed by atoms with E-state index in [1.54, 1.807) is 9.13 Å². The van der Waals surface area contributed by atoms with Gasteiger partial charge in [-0.15, -0.1) is 10.2 Å². The number of aromatic nitrogens is 4. The summed E-state index contributed by atoms with van der Waals surface area (Å²) in [7, 11) is 0. The Morgan fingerprint density at radius 1 is 1.00 bits per heavy atom. The molecular formula is C26H26F3N5O3. The van der Waals surface area contributed by atoms with Crippen LogP contribution < -0.4 is 5.69 Å². The number of nitrogens with zero attached hydrogens (tertiary/aromatic N) is 5. The fraction of sp³-hybridized carbons (Fsp3) is 0.423. The summed E-state index contributed by atoms with van der Waals surface area (Å²) in [5.74, 6) is -1.21. The van der Waals surface area contributed by atoms with Crippen LogP contribution in [0.25, 0.3) is 22.5 Å². The molecule has 0 aliphatic carbocycles. The van der Waals surface area contributed by atoms with E-state index >= 15 is 4.39 Å². The first-order valence-corrected chi connectivity index (χ1v) is 12.4. The normalized spacial score (nSPS) is 17.6. The van der Waals surface area contributed by atoms with Crippen LogP contribution in [0.15, 0.2) is 51.7 Å². The highest BCUT2D eigenvalue weighted by Gasteiger charge is 2.30. The second-order valence-corrected chi connectivity index (χ2v) is 9.69. The van der Waals surface area contributed by atoms with Gasteiger partial charge in [0.05, 0.1) is 36.8 Å². The zero-order valence-electron chi connectivity index (χ0n) is 20.0. The van der Waals surface area contributed by atoms with Crippen LogP contribution in [0.5, 0.6) is 0 Å². The van der Waals surface area contributed by atoms with Crippen LogP contribution in [0.4, 0.5) is 13.2 Å². The fourth-order valence-electron chi connectivity index (χ4n) is 5.21. The van der Waals surface area contributed by atoms with E-state index in [-0.39, 0.29) is 23.7 Å². The molecule has 0 atom stereocenters. The molecule has 0 unspecified atom stereocenters. The van der Waals surface area contributed by atoms with Gasteiger partial charge in [0.1, 0.15) is 5.82 Å². The maximum atomic E-state index is 15.1. The number of halogens is 3. The van der Waals surface area contributed by atoms with Crippen molar-refractivity contribution in [2.45, 2.75) is 38.4 Å². The van der Waals surface area contributed by atoms with E-state index in [0.29, 0.717) is 24.1 Å². The van der Waals surface area contributed by atoms with Gasteiger partial charge in [0.2, 0.25) is 5.89 Å². The van der Waals surface area contributed by atoms with Gasteiger partial charge in [-0.2, -0.15) is 8.78 Å². The number of piperidine rings is 1. The van der Waals surface area contributed by atoms with Crippen molar-refractivity contribution < 1.29 is 22.3 Å². The van der Waals surface area contributed by atoms with Gasteiger partial charge in [-0.3, -0.25) is 14.0 Å². The molecular weight excluding hydrogens is 487 g/mol. The number of hydrogen-bond acceptors (Lipinski definition) is 6. The van der Waals surface area contributed by atoms with Gasteiger partial charge in [-0.25, -0.2) is 9.18 Å². The number of imidazole rings is 1. The Bertz CT molecular complexity index is 1470. The van der Waals surface area contributed by atoms with Crippen molar-refractivity contribution in [2.75, 3.05) is 26.3 Å². The minimum atomic E-state index is -2.90. The molecule has 4 heterocycles. The Hall–Kier alpha value is -3.44. The molecule has 11 heteroatoms. The van der Waals surface area contributed by atoms with E-state index in [1.807, 2.05) is 24.3 Å². The van der Waals surface area contributed by atoms with Crippen LogP contribution in [0, 0.1) is 11.7 Å². The van der Waals surface area contributed by atoms with Crippen LogP contribution in [0.2, 0.25) is 0 Å². The summed E-state index contributed by atoms with van der Waals surface area (Å²) in [6.45, 7) is 4.27. The van der Waals surface area contributed by atoms with Crippen molar-refractivity contribution in [2.24, 2.45) is 5.92 Å². The monoisotopic (exact) mass is 513 g/mol. The van der Waals surface area contributed by atoms with Crippen molar-refractivity contribution in [1.82, 2.24) is 24.2 Å². The molecule has 2 fully saturated rings. The summed E-state index contributed by atoms with van der Waals surface area (Å²) in [5.41, 5.74) is 1.86. The smallest absolute Gasteiger partial charge is 0.329 e. The predicted molar refractivity (Wildman–Crippen MR) is 129 cm³/mol. The van der Waals surface area contributed by atoms with E-state index < -0.39 is 18.1 Å². The number of likely N-dealkylation sites (tertiary alicyclic amines) is 1. The zero-order valence-corrected chi connectivity index (χ0v) is 20.0. The van der Waals surface area contributed by atoms with E-state index in [4.69, 9.17) is 9.15 Å². The number of para-hydroxylation sites is 2. The highest BCUT2D eigenvalue weighted by Crippen LogP contribution is 2.27. The Morgan fingerprint density at radius 2 is 1.73 bits per heavy atom. The molecule has 0 saturated carbocycles.